The van der Waals surface area contributed by atoms with Gasteiger partial charge in [-0.2, -0.15) is 0 Å². The van der Waals surface area contributed by atoms with Gasteiger partial charge in [-0.3, -0.25) is 9.69 Å². The first-order chi connectivity index (χ1) is 13.3. The molecule has 0 spiro atoms. The molecule has 4 rings (SSSR count). The van der Waals surface area contributed by atoms with E-state index in [1.807, 2.05) is 18.2 Å². The largest absolute Gasteiger partial charge is 0.381 e. The molecule has 3 aliphatic rings. The number of likely N-dealkylation sites (tertiary alicyclic amines) is 1. The average molecular weight is 373 g/mol. The Hall–Kier alpha value is -1.43. The third kappa shape index (κ3) is 4.20. The zero-order valence-electron chi connectivity index (χ0n) is 16.2. The van der Waals surface area contributed by atoms with Gasteiger partial charge in [0.05, 0.1) is 12.0 Å². The van der Waals surface area contributed by atoms with E-state index in [0.29, 0.717) is 25.2 Å². The van der Waals surface area contributed by atoms with Gasteiger partial charge in [0.1, 0.15) is 0 Å². The Morgan fingerprint density at radius 3 is 2.44 bits per heavy atom. The molecule has 3 saturated heterocycles. The molecule has 0 saturated carbocycles. The van der Waals surface area contributed by atoms with Gasteiger partial charge in [0.15, 0.2) is 0 Å². The first kappa shape index (κ1) is 18.9. The van der Waals surface area contributed by atoms with Crippen molar-refractivity contribution in [3.05, 3.63) is 35.9 Å². The minimum absolute atomic E-state index is 0.184. The Morgan fingerprint density at radius 1 is 1.04 bits per heavy atom. The van der Waals surface area contributed by atoms with Crippen LogP contribution in [0.5, 0.6) is 0 Å². The number of carbonyl (C=O) groups is 1. The lowest BCUT2D eigenvalue weighted by molar-refractivity contribution is -0.130. The fourth-order valence-corrected chi connectivity index (χ4v) is 4.86. The van der Waals surface area contributed by atoms with Crippen LogP contribution >= 0.6 is 0 Å². The second-order valence-electron chi connectivity index (χ2n) is 8.27. The maximum atomic E-state index is 13.2. The van der Waals surface area contributed by atoms with Crippen molar-refractivity contribution in [3.63, 3.8) is 0 Å². The Kier molecular flexibility index (Phi) is 6.11. The van der Waals surface area contributed by atoms with E-state index in [-0.39, 0.29) is 5.91 Å². The van der Waals surface area contributed by atoms with Crippen LogP contribution < -0.4 is 5.32 Å². The molecule has 1 aromatic rings. The average Bonchev–Trinajstić information content (AvgIpc) is 3.28. The summed E-state index contributed by atoms with van der Waals surface area (Å²) in [5, 5.41) is 3.31. The second-order valence-corrected chi connectivity index (χ2v) is 8.27. The van der Waals surface area contributed by atoms with Gasteiger partial charge in [0, 0.05) is 32.4 Å². The highest BCUT2D eigenvalue weighted by Gasteiger charge is 2.41. The zero-order chi connectivity index (χ0) is 18.5. The number of nitrogens with zero attached hydrogens (tertiary/aromatic N) is 1. The van der Waals surface area contributed by atoms with E-state index in [1.165, 1.54) is 6.42 Å². The van der Waals surface area contributed by atoms with Crippen molar-refractivity contribution in [2.75, 3.05) is 46.1 Å². The Labute approximate surface area is 162 Å². The fourth-order valence-electron chi connectivity index (χ4n) is 4.86. The van der Waals surface area contributed by atoms with Gasteiger partial charge in [-0.15, -0.1) is 0 Å². The van der Waals surface area contributed by atoms with Gasteiger partial charge in [0.2, 0.25) is 5.91 Å². The van der Waals surface area contributed by atoms with Crippen LogP contribution in [0, 0.1) is 5.92 Å². The third-order valence-corrected chi connectivity index (χ3v) is 6.73. The van der Waals surface area contributed by atoms with Crippen LogP contribution in [-0.4, -0.2) is 62.9 Å². The summed E-state index contributed by atoms with van der Waals surface area (Å²) in [4.78, 5) is 15.8. The molecule has 0 radical (unpaired) electrons. The molecule has 0 unspecified atom stereocenters. The number of benzene rings is 1. The molecule has 3 heterocycles. The lowest BCUT2D eigenvalue weighted by Gasteiger charge is -2.38. The first-order valence-corrected chi connectivity index (χ1v) is 10.5. The van der Waals surface area contributed by atoms with Gasteiger partial charge < -0.3 is 14.8 Å². The van der Waals surface area contributed by atoms with Crippen LogP contribution in [0.2, 0.25) is 0 Å². The van der Waals surface area contributed by atoms with Crippen molar-refractivity contribution in [1.82, 2.24) is 10.2 Å². The molecule has 5 nitrogen and oxygen atoms in total. The van der Waals surface area contributed by atoms with E-state index in [1.54, 1.807) is 0 Å². The van der Waals surface area contributed by atoms with Crippen molar-refractivity contribution in [2.45, 2.75) is 43.6 Å². The lowest BCUT2D eigenvalue weighted by Crippen LogP contribution is -2.50. The third-order valence-electron chi connectivity index (χ3n) is 6.73. The highest BCUT2D eigenvalue weighted by molar-refractivity contribution is 5.88. The molecule has 3 fully saturated rings. The maximum absolute atomic E-state index is 13.2. The van der Waals surface area contributed by atoms with Crippen molar-refractivity contribution in [1.29, 1.82) is 0 Å². The van der Waals surface area contributed by atoms with Gasteiger partial charge >= 0.3 is 0 Å². The summed E-state index contributed by atoms with van der Waals surface area (Å²) in [7, 11) is 0. The Balaban J connectivity index is 1.32. The highest BCUT2D eigenvalue weighted by atomic mass is 16.5. The van der Waals surface area contributed by atoms with E-state index >= 15 is 0 Å². The molecule has 3 aliphatic heterocycles. The minimum atomic E-state index is -0.429. The van der Waals surface area contributed by atoms with Crippen LogP contribution in [0.1, 0.15) is 37.7 Å². The SMILES string of the molecule is O=C(NCC1CCN([C@@H]2CCOC2)CC1)C1(c2ccccc2)CCOCC1. The summed E-state index contributed by atoms with van der Waals surface area (Å²) >= 11 is 0. The second kappa shape index (κ2) is 8.72. The molecule has 148 valence electrons. The smallest absolute Gasteiger partial charge is 0.230 e. The number of carbonyl (C=O) groups excluding carboxylic acids is 1. The molecule has 0 bridgehead atoms. The molecule has 5 heteroatoms. The number of nitrogens with one attached hydrogen (secondary N) is 1. The van der Waals surface area contributed by atoms with E-state index in [9.17, 15) is 4.79 Å². The number of hydrogen-bond donors (Lipinski definition) is 1. The zero-order valence-corrected chi connectivity index (χ0v) is 16.2. The van der Waals surface area contributed by atoms with Crippen molar-refractivity contribution < 1.29 is 14.3 Å². The number of hydrogen-bond acceptors (Lipinski definition) is 4. The van der Waals surface area contributed by atoms with Gasteiger partial charge in [-0.1, -0.05) is 30.3 Å². The van der Waals surface area contributed by atoms with E-state index < -0.39 is 5.41 Å². The van der Waals surface area contributed by atoms with E-state index in [4.69, 9.17) is 9.47 Å². The Morgan fingerprint density at radius 2 is 1.78 bits per heavy atom. The predicted molar refractivity (Wildman–Crippen MR) is 105 cm³/mol. The quantitative estimate of drug-likeness (QED) is 0.862. The molecule has 27 heavy (non-hydrogen) atoms. The summed E-state index contributed by atoms with van der Waals surface area (Å²) in [5.41, 5.74) is 0.698. The number of piperidine rings is 1. The fraction of sp³-hybridized carbons (Fsp3) is 0.682. The topological polar surface area (TPSA) is 50.8 Å². The molecule has 1 atom stereocenters. The summed E-state index contributed by atoms with van der Waals surface area (Å²) < 4.78 is 11.1. The van der Waals surface area contributed by atoms with E-state index in [2.05, 4.69) is 22.3 Å². The molecular formula is C22H32N2O3. The number of ether oxygens (including phenoxy) is 2. The molecule has 1 N–H and O–H groups in total. The monoisotopic (exact) mass is 372 g/mol. The van der Waals surface area contributed by atoms with Gasteiger partial charge in [-0.05, 0) is 56.7 Å². The van der Waals surface area contributed by atoms with Gasteiger partial charge in [0.25, 0.3) is 0 Å². The van der Waals surface area contributed by atoms with Crippen molar-refractivity contribution in [3.8, 4) is 0 Å². The van der Waals surface area contributed by atoms with Crippen LogP contribution in [0.25, 0.3) is 0 Å². The summed E-state index contributed by atoms with van der Waals surface area (Å²) in [6.07, 6.45) is 5.03. The van der Waals surface area contributed by atoms with Crippen molar-refractivity contribution >= 4 is 5.91 Å². The summed E-state index contributed by atoms with van der Waals surface area (Å²) in [6, 6.07) is 10.9. The molecular weight excluding hydrogens is 340 g/mol. The number of amides is 1. The lowest BCUT2D eigenvalue weighted by atomic mass is 9.73. The van der Waals surface area contributed by atoms with Gasteiger partial charge in [-0.25, -0.2) is 0 Å². The van der Waals surface area contributed by atoms with Crippen molar-refractivity contribution in [2.24, 2.45) is 5.92 Å². The number of rotatable bonds is 5. The molecule has 1 amide bonds. The highest BCUT2D eigenvalue weighted by Crippen LogP contribution is 2.35. The minimum Gasteiger partial charge on any atom is -0.381 e. The van der Waals surface area contributed by atoms with Crippen LogP contribution in [0.4, 0.5) is 0 Å². The summed E-state index contributed by atoms with van der Waals surface area (Å²) in [5.74, 6) is 0.767. The van der Waals surface area contributed by atoms with E-state index in [0.717, 1.165) is 64.1 Å². The first-order valence-electron chi connectivity index (χ1n) is 10.5. The normalized spacial score (nSPS) is 26.7. The van der Waals surface area contributed by atoms with Crippen LogP contribution in [0.3, 0.4) is 0 Å². The Bertz CT molecular complexity index is 601. The predicted octanol–water partition coefficient (Wildman–Crippen LogP) is 2.35. The standard InChI is InChI=1S/C22H32N2O3/c25-21(22(9-14-26-15-10-22)19-4-2-1-3-5-19)23-16-18-6-11-24(12-7-18)20-8-13-27-17-20/h1-5,18,20H,6-17H2,(H,23,25)/t20-/m1/s1. The molecule has 0 aliphatic carbocycles. The van der Waals surface area contributed by atoms with Crippen LogP contribution in [0.15, 0.2) is 30.3 Å². The van der Waals surface area contributed by atoms with Crippen LogP contribution in [-0.2, 0) is 19.7 Å². The molecule has 1 aromatic carbocycles. The molecule has 0 aromatic heterocycles. The summed E-state index contributed by atoms with van der Waals surface area (Å²) in [6.45, 7) is 6.17. The maximum Gasteiger partial charge on any atom is 0.230 e.